The van der Waals surface area contributed by atoms with E-state index >= 15 is 0 Å². The second-order valence-electron chi connectivity index (χ2n) is 4.62. The largest absolute Gasteiger partial charge is 0.301 e. The van der Waals surface area contributed by atoms with Crippen LogP contribution >= 0.6 is 11.6 Å². The Labute approximate surface area is 130 Å². The third-order valence-corrected chi connectivity index (χ3v) is 3.53. The van der Waals surface area contributed by atoms with Crippen LogP contribution in [-0.4, -0.2) is 43.5 Å². The van der Waals surface area contributed by atoms with Crippen molar-refractivity contribution in [2.24, 2.45) is 0 Å². The number of amides is 2. The SMILES string of the molecule is CCc1cccc(C)c1N(CC(=O)N(C)OC)C(=O)CCl. The van der Waals surface area contributed by atoms with Crippen LogP contribution in [0.3, 0.4) is 0 Å². The molecule has 0 saturated heterocycles. The van der Waals surface area contributed by atoms with Crippen molar-refractivity contribution in [2.75, 3.05) is 31.5 Å². The number of benzene rings is 1. The molecular weight excluding hydrogens is 292 g/mol. The van der Waals surface area contributed by atoms with Gasteiger partial charge in [0.05, 0.1) is 12.8 Å². The maximum Gasteiger partial charge on any atom is 0.265 e. The smallest absolute Gasteiger partial charge is 0.265 e. The summed E-state index contributed by atoms with van der Waals surface area (Å²) in [5.74, 6) is -0.804. The van der Waals surface area contributed by atoms with Crippen LogP contribution in [0.15, 0.2) is 18.2 Å². The minimum absolute atomic E-state index is 0.103. The lowest BCUT2D eigenvalue weighted by atomic mass is 10.0. The van der Waals surface area contributed by atoms with E-state index in [4.69, 9.17) is 16.4 Å². The molecule has 0 aliphatic rings. The summed E-state index contributed by atoms with van der Waals surface area (Å²) in [5, 5.41) is 1.10. The highest BCUT2D eigenvalue weighted by molar-refractivity contribution is 6.29. The Morgan fingerprint density at radius 3 is 2.48 bits per heavy atom. The third-order valence-electron chi connectivity index (χ3n) is 3.31. The zero-order valence-corrected chi connectivity index (χ0v) is 13.6. The van der Waals surface area contributed by atoms with Crippen molar-refractivity contribution in [1.29, 1.82) is 0 Å². The number of likely N-dealkylation sites (N-methyl/N-ethyl adjacent to an activating group) is 1. The molecule has 1 aromatic carbocycles. The van der Waals surface area contributed by atoms with Crippen LogP contribution in [0.2, 0.25) is 0 Å². The topological polar surface area (TPSA) is 49.9 Å². The number of alkyl halides is 1. The van der Waals surface area contributed by atoms with Crippen LogP contribution < -0.4 is 4.90 Å². The van der Waals surface area contributed by atoms with Gasteiger partial charge in [-0.15, -0.1) is 11.6 Å². The number of halogens is 1. The van der Waals surface area contributed by atoms with Gasteiger partial charge in [0.15, 0.2) is 0 Å². The molecule has 0 radical (unpaired) electrons. The van der Waals surface area contributed by atoms with Crippen LogP contribution in [-0.2, 0) is 20.8 Å². The van der Waals surface area contributed by atoms with Crippen LogP contribution in [0.1, 0.15) is 18.1 Å². The van der Waals surface area contributed by atoms with Gasteiger partial charge in [-0.1, -0.05) is 25.1 Å². The van der Waals surface area contributed by atoms with E-state index in [9.17, 15) is 9.59 Å². The first kappa shape index (κ1) is 17.5. The zero-order valence-electron chi connectivity index (χ0n) is 12.9. The molecule has 6 heteroatoms. The van der Waals surface area contributed by atoms with Gasteiger partial charge in [-0.2, -0.15) is 0 Å². The van der Waals surface area contributed by atoms with Gasteiger partial charge >= 0.3 is 0 Å². The average Bonchev–Trinajstić information content (AvgIpc) is 2.50. The van der Waals surface area contributed by atoms with E-state index in [0.717, 1.165) is 28.3 Å². The predicted molar refractivity (Wildman–Crippen MR) is 83.4 cm³/mol. The Morgan fingerprint density at radius 1 is 1.29 bits per heavy atom. The Bertz CT molecular complexity index is 520. The summed E-state index contributed by atoms with van der Waals surface area (Å²) in [5.41, 5.74) is 2.69. The molecule has 0 aliphatic heterocycles. The van der Waals surface area contributed by atoms with Gasteiger partial charge in [0, 0.05) is 7.05 Å². The Morgan fingerprint density at radius 2 is 1.95 bits per heavy atom. The van der Waals surface area contributed by atoms with Crippen molar-refractivity contribution < 1.29 is 14.4 Å². The van der Waals surface area contributed by atoms with Gasteiger partial charge in [-0.25, -0.2) is 5.06 Å². The van der Waals surface area contributed by atoms with Crippen molar-refractivity contribution in [3.8, 4) is 0 Å². The third kappa shape index (κ3) is 4.19. The molecule has 2 amide bonds. The van der Waals surface area contributed by atoms with E-state index in [1.54, 1.807) is 0 Å². The number of carbonyl (C=O) groups excluding carboxylic acids is 2. The Kier molecular flexibility index (Phi) is 6.65. The molecule has 0 aromatic heterocycles. The monoisotopic (exact) mass is 312 g/mol. The standard InChI is InChI=1S/C15H21ClN2O3/c1-5-12-8-6-7-11(2)15(12)18(13(19)9-16)10-14(20)17(3)21-4/h6-8H,5,9-10H2,1-4H3. The molecule has 1 rings (SSSR count). The van der Waals surface area contributed by atoms with E-state index < -0.39 is 0 Å². The number of carbonyl (C=O) groups is 2. The minimum atomic E-state index is -0.318. The van der Waals surface area contributed by atoms with Gasteiger partial charge in [0.2, 0.25) is 5.91 Å². The maximum absolute atomic E-state index is 12.2. The van der Waals surface area contributed by atoms with Crippen LogP contribution in [0.5, 0.6) is 0 Å². The minimum Gasteiger partial charge on any atom is -0.301 e. The summed E-state index contributed by atoms with van der Waals surface area (Å²) in [6, 6.07) is 5.79. The molecule has 0 fully saturated rings. The molecule has 0 bridgehead atoms. The fourth-order valence-corrected chi connectivity index (χ4v) is 2.24. The first-order chi connectivity index (χ1) is 9.96. The number of nitrogens with zero attached hydrogens (tertiary/aromatic N) is 2. The van der Waals surface area contributed by atoms with E-state index in [1.807, 2.05) is 32.0 Å². The van der Waals surface area contributed by atoms with Crippen LogP contribution in [0, 0.1) is 6.92 Å². The number of aryl methyl sites for hydroxylation is 2. The molecule has 0 aliphatic carbocycles. The summed E-state index contributed by atoms with van der Waals surface area (Å²) < 4.78 is 0. The van der Waals surface area contributed by atoms with Crippen molar-refractivity contribution in [3.05, 3.63) is 29.3 Å². The second-order valence-corrected chi connectivity index (χ2v) is 4.89. The number of anilines is 1. The van der Waals surface area contributed by atoms with Gasteiger partial charge in [-0.3, -0.25) is 14.4 Å². The molecule has 21 heavy (non-hydrogen) atoms. The summed E-state index contributed by atoms with van der Waals surface area (Å²) in [6.07, 6.45) is 0.761. The highest BCUT2D eigenvalue weighted by Crippen LogP contribution is 2.26. The molecule has 0 N–H and O–H groups in total. The lowest BCUT2D eigenvalue weighted by Crippen LogP contribution is -2.42. The second kappa shape index (κ2) is 8.00. The quantitative estimate of drug-likeness (QED) is 0.597. The maximum atomic E-state index is 12.2. The molecule has 0 spiro atoms. The van der Waals surface area contributed by atoms with Gasteiger partial charge in [0.25, 0.3) is 5.91 Å². The highest BCUT2D eigenvalue weighted by atomic mass is 35.5. The van der Waals surface area contributed by atoms with Crippen LogP contribution in [0.4, 0.5) is 5.69 Å². The molecule has 0 atom stereocenters. The van der Waals surface area contributed by atoms with Crippen molar-refractivity contribution >= 4 is 29.1 Å². The van der Waals surface area contributed by atoms with E-state index in [2.05, 4.69) is 0 Å². The molecular formula is C15H21ClN2O3. The van der Waals surface area contributed by atoms with Crippen molar-refractivity contribution in [3.63, 3.8) is 0 Å². The highest BCUT2D eigenvalue weighted by Gasteiger charge is 2.23. The Balaban J connectivity index is 3.21. The summed E-state index contributed by atoms with van der Waals surface area (Å²) >= 11 is 5.69. The fourth-order valence-electron chi connectivity index (χ4n) is 2.09. The first-order valence-corrected chi connectivity index (χ1v) is 7.25. The Hall–Kier alpha value is -1.59. The summed E-state index contributed by atoms with van der Waals surface area (Å²) in [4.78, 5) is 30.5. The van der Waals surface area contributed by atoms with Gasteiger partial charge < -0.3 is 4.90 Å². The number of hydrogen-bond acceptors (Lipinski definition) is 3. The van der Waals surface area contributed by atoms with Crippen molar-refractivity contribution in [2.45, 2.75) is 20.3 Å². The summed E-state index contributed by atoms with van der Waals surface area (Å²) in [6.45, 7) is 3.81. The lowest BCUT2D eigenvalue weighted by Gasteiger charge is -2.27. The number of rotatable bonds is 6. The van der Waals surface area contributed by atoms with Gasteiger partial charge in [-0.05, 0) is 24.5 Å². The van der Waals surface area contributed by atoms with Gasteiger partial charge in [0.1, 0.15) is 12.4 Å². The number of para-hydroxylation sites is 1. The van der Waals surface area contributed by atoms with Crippen molar-refractivity contribution in [1.82, 2.24) is 5.06 Å². The van der Waals surface area contributed by atoms with E-state index in [-0.39, 0.29) is 24.2 Å². The normalized spacial score (nSPS) is 10.3. The van der Waals surface area contributed by atoms with E-state index in [1.165, 1.54) is 19.1 Å². The molecule has 0 heterocycles. The number of hydrogen-bond donors (Lipinski definition) is 0. The molecule has 0 saturated carbocycles. The fraction of sp³-hybridized carbons (Fsp3) is 0.467. The zero-order chi connectivity index (χ0) is 16.0. The predicted octanol–water partition coefficient (Wildman–Crippen LogP) is 2.15. The summed E-state index contributed by atoms with van der Waals surface area (Å²) in [7, 11) is 2.90. The molecule has 0 unspecified atom stereocenters. The molecule has 1 aromatic rings. The van der Waals surface area contributed by atoms with Crippen LogP contribution in [0.25, 0.3) is 0 Å². The molecule has 116 valence electrons. The number of hydroxylamine groups is 2. The lowest BCUT2D eigenvalue weighted by molar-refractivity contribution is -0.167. The van der Waals surface area contributed by atoms with E-state index in [0.29, 0.717) is 0 Å². The molecule has 5 nitrogen and oxygen atoms in total. The average molecular weight is 313 g/mol. The first-order valence-electron chi connectivity index (χ1n) is 6.71.